The van der Waals surface area contributed by atoms with Gasteiger partial charge in [0.25, 0.3) is 5.91 Å². The summed E-state index contributed by atoms with van der Waals surface area (Å²) in [6, 6.07) is 8.09. The van der Waals surface area contributed by atoms with Gasteiger partial charge in [-0.05, 0) is 79.8 Å². The largest absolute Gasteiger partial charge is 0.368 e. The predicted molar refractivity (Wildman–Crippen MR) is 154 cm³/mol. The van der Waals surface area contributed by atoms with Crippen molar-refractivity contribution in [2.45, 2.75) is 70.8 Å². The van der Waals surface area contributed by atoms with Crippen LogP contribution < -0.4 is 5.73 Å². The number of benzene rings is 1. The van der Waals surface area contributed by atoms with Crippen molar-refractivity contribution < 1.29 is 9.59 Å². The summed E-state index contributed by atoms with van der Waals surface area (Å²) in [6.45, 7) is 10.5. The normalized spacial score (nSPS) is 19.7. The summed E-state index contributed by atoms with van der Waals surface area (Å²) >= 11 is 0. The van der Waals surface area contributed by atoms with Crippen molar-refractivity contribution in [1.29, 1.82) is 0 Å². The molecule has 1 amide bonds. The molecule has 2 aromatic heterocycles. The molecule has 1 aliphatic carbocycles. The number of ketones is 1. The number of amides is 1. The quantitative estimate of drug-likeness (QED) is 0.468. The van der Waals surface area contributed by atoms with Crippen LogP contribution in [-0.4, -0.2) is 73.9 Å². The minimum Gasteiger partial charge on any atom is -0.368 e. The second-order valence-corrected chi connectivity index (χ2v) is 12.5. The van der Waals surface area contributed by atoms with E-state index in [9.17, 15) is 9.59 Å². The van der Waals surface area contributed by atoms with E-state index in [1.54, 1.807) is 6.20 Å². The van der Waals surface area contributed by atoms with Gasteiger partial charge in [-0.2, -0.15) is 5.10 Å². The number of aromatic amines is 1. The second kappa shape index (κ2) is 10.4. The maximum atomic E-state index is 13.5. The van der Waals surface area contributed by atoms with E-state index in [-0.39, 0.29) is 29.5 Å². The molecule has 40 heavy (non-hydrogen) atoms. The molecule has 3 aliphatic rings. The van der Waals surface area contributed by atoms with Crippen molar-refractivity contribution in [1.82, 2.24) is 30.0 Å². The Labute approximate surface area is 235 Å². The van der Waals surface area contributed by atoms with Crippen molar-refractivity contribution in [3.05, 3.63) is 58.4 Å². The van der Waals surface area contributed by atoms with Crippen molar-refractivity contribution in [3.63, 3.8) is 0 Å². The van der Waals surface area contributed by atoms with Crippen LogP contribution in [0.1, 0.15) is 84.0 Å². The van der Waals surface area contributed by atoms with Crippen LogP contribution in [0.3, 0.4) is 0 Å². The third kappa shape index (κ3) is 5.03. The zero-order chi connectivity index (χ0) is 28.0. The van der Waals surface area contributed by atoms with E-state index in [2.05, 4.69) is 45.8 Å². The molecular formula is C31H39N7O2. The number of fused-ring (bicyclic) bond motifs is 3. The van der Waals surface area contributed by atoms with Crippen LogP contribution in [0.25, 0.3) is 11.4 Å². The van der Waals surface area contributed by atoms with Crippen LogP contribution in [0.4, 0.5) is 5.95 Å². The molecule has 2 fully saturated rings. The van der Waals surface area contributed by atoms with Crippen molar-refractivity contribution >= 4 is 17.6 Å². The van der Waals surface area contributed by atoms with Crippen LogP contribution in [0, 0.1) is 5.92 Å². The Bertz CT molecular complexity index is 1410. The number of piperidine rings is 2. The van der Waals surface area contributed by atoms with E-state index in [0.717, 1.165) is 48.5 Å². The molecule has 0 atom stereocenters. The van der Waals surface area contributed by atoms with Gasteiger partial charge in [0.05, 0.1) is 5.69 Å². The van der Waals surface area contributed by atoms with E-state index in [1.807, 2.05) is 29.2 Å². The lowest BCUT2D eigenvalue weighted by atomic mass is 9.72. The van der Waals surface area contributed by atoms with Gasteiger partial charge in [-0.1, -0.05) is 32.9 Å². The number of carbonyl (C=O) groups is 2. The Morgan fingerprint density at radius 3 is 2.42 bits per heavy atom. The number of nitrogens with zero attached hydrogens (tertiary/aromatic N) is 5. The number of carbonyl (C=O) groups excluding carboxylic acids is 2. The Kier molecular flexibility index (Phi) is 6.94. The maximum absolute atomic E-state index is 13.5. The minimum atomic E-state index is -0.310. The monoisotopic (exact) mass is 541 g/mol. The molecule has 9 nitrogen and oxygen atoms in total. The summed E-state index contributed by atoms with van der Waals surface area (Å²) in [5.41, 5.74) is 10.8. The van der Waals surface area contributed by atoms with Crippen LogP contribution >= 0.6 is 0 Å². The second-order valence-electron chi connectivity index (χ2n) is 12.5. The lowest BCUT2D eigenvalue weighted by molar-refractivity contribution is 0.0560. The predicted octanol–water partition coefficient (Wildman–Crippen LogP) is 4.04. The lowest BCUT2D eigenvalue weighted by Gasteiger charge is -2.41. The molecule has 0 bridgehead atoms. The number of H-pyrrole nitrogens is 1. The average molecular weight is 542 g/mol. The van der Waals surface area contributed by atoms with Gasteiger partial charge in [-0.25, -0.2) is 9.97 Å². The highest BCUT2D eigenvalue weighted by molar-refractivity contribution is 5.99. The minimum absolute atomic E-state index is 0.0411. The van der Waals surface area contributed by atoms with Gasteiger partial charge in [0.1, 0.15) is 11.4 Å². The number of aromatic nitrogens is 4. The summed E-state index contributed by atoms with van der Waals surface area (Å²) in [5.74, 6) is 1.06. The van der Waals surface area contributed by atoms with Crippen LogP contribution in [0.5, 0.6) is 0 Å². The Morgan fingerprint density at radius 1 is 1.02 bits per heavy atom. The number of nitrogens with two attached hydrogens (primary N) is 1. The zero-order valence-electron chi connectivity index (χ0n) is 23.7. The van der Waals surface area contributed by atoms with E-state index in [4.69, 9.17) is 5.73 Å². The standard InChI is InChI=1S/C31H39N7O2/c1-19-8-12-37(13-9-19)23-10-14-38(15-11-23)29(40)21-6-4-20(5-7-21)16-24(39)27-25-28(36-35-27)26-22(17-31(25,2)3)18-33-30(32)34-26/h4-7,18-19,23H,8-17H2,1-3H3,(H,35,36)(H2,32,33,34). The third-order valence-electron chi connectivity index (χ3n) is 9.11. The van der Waals surface area contributed by atoms with Gasteiger partial charge >= 0.3 is 0 Å². The highest BCUT2D eigenvalue weighted by Crippen LogP contribution is 2.43. The maximum Gasteiger partial charge on any atom is 0.253 e. The van der Waals surface area contributed by atoms with Crippen molar-refractivity contribution in [2.24, 2.45) is 5.92 Å². The summed E-state index contributed by atoms with van der Waals surface area (Å²) in [6.07, 6.45) is 7.32. The molecule has 2 saturated heterocycles. The van der Waals surface area contributed by atoms with Crippen LogP contribution in [0.2, 0.25) is 0 Å². The fraction of sp³-hybridized carbons (Fsp3) is 0.516. The first kappa shape index (κ1) is 26.6. The fourth-order valence-corrected chi connectivity index (χ4v) is 6.74. The Morgan fingerprint density at radius 2 is 1.73 bits per heavy atom. The molecule has 0 saturated carbocycles. The number of likely N-dealkylation sites (tertiary alicyclic amines) is 2. The molecule has 9 heteroatoms. The van der Waals surface area contributed by atoms with E-state index < -0.39 is 0 Å². The van der Waals surface area contributed by atoms with Gasteiger partial charge in [0.2, 0.25) is 5.95 Å². The van der Waals surface area contributed by atoms with Gasteiger partial charge in [0, 0.05) is 42.9 Å². The molecule has 4 heterocycles. The van der Waals surface area contributed by atoms with Gasteiger partial charge in [0.15, 0.2) is 5.78 Å². The summed E-state index contributed by atoms with van der Waals surface area (Å²) in [5, 5.41) is 7.47. The third-order valence-corrected chi connectivity index (χ3v) is 9.11. The topological polar surface area (TPSA) is 121 Å². The number of nitrogen functional groups attached to an aromatic ring is 1. The van der Waals surface area contributed by atoms with Crippen LogP contribution in [0.15, 0.2) is 30.5 Å². The van der Waals surface area contributed by atoms with E-state index in [0.29, 0.717) is 35.1 Å². The molecule has 2 aliphatic heterocycles. The first-order chi connectivity index (χ1) is 19.2. The number of rotatable bonds is 5. The number of anilines is 1. The van der Waals surface area contributed by atoms with Gasteiger partial charge in [-0.3, -0.25) is 14.7 Å². The number of hydrogen-bond acceptors (Lipinski definition) is 7. The molecule has 0 radical (unpaired) electrons. The number of Topliss-reactive ketones (excluding diaryl/α,β-unsaturated/α-hetero) is 1. The molecule has 1 aromatic carbocycles. The molecule has 210 valence electrons. The number of nitrogens with one attached hydrogen (secondary N) is 1. The zero-order valence-corrected chi connectivity index (χ0v) is 23.7. The highest BCUT2D eigenvalue weighted by Gasteiger charge is 2.38. The summed E-state index contributed by atoms with van der Waals surface area (Å²) in [7, 11) is 0. The first-order valence-corrected chi connectivity index (χ1v) is 14.6. The average Bonchev–Trinajstić information content (AvgIpc) is 3.41. The van der Waals surface area contributed by atoms with Gasteiger partial charge in [-0.15, -0.1) is 0 Å². The molecular weight excluding hydrogens is 502 g/mol. The molecule has 6 rings (SSSR count). The van der Waals surface area contributed by atoms with Gasteiger partial charge < -0.3 is 15.5 Å². The van der Waals surface area contributed by atoms with Crippen LogP contribution in [-0.2, 0) is 18.3 Å². The molecule has 3 N–H and O–H groups in total. The summed E-state index contributed by atoms with van der Waals surface area (Å²) in [4.78, 5) is 39.8. The Hall–Kier alpha value is -3.59. The number of hydrogen-bond donors (Lipinski definition) is 2. The van der Waals surface area contributed by atoms with E-state index >= 15 is 0 Å². The lowest BCUT2D eigenvalue weighted by Crippen LogP contribution is -2.48. The Balaban J connectivity index is 1.10. The summed E-state index contributed by atoms with van der Waals surface area (Å²) < 4.78 is 0. The van der Waals surface area contributed by atoms with Crippen molar-refractivity contribution in [3.8, 4) is 11.4 Å². The molecule has 0 unspecified atom stereocenters. The molecule has 3 aromatic rings. The smallest absolute Gasteiger partial charge is 0.253 e. The molecule has 0 spiro atoms. The van der Waals surface area contributed by atoms with E-state index in [1.165, 1.54) is 25.9 Å². The fourth-order valence-electron chi connectivity index (χ4n) is 6.74. The SMILES string of the molecule is CC1CCN(C2CCN(C(=O)c3ccc(CC(=O)c4[nH]nc5c4C(C)(C)Cc4cnc(N)nc4-5)cc3)CC2)CC1. The highest BCUT2D eigenvalue weighted by atomic mass is 16.2. The van der Waals surface area contributed by atoms with Crippen molar-refractivity contribution in [2.75, 3.05) is 31.9 Å². The first-order valence-electron chi connectivity index (χ1n) is 14.6.